The van der Waals surface area contributed by atoms with Crippen LogP contribution in [0.15, 0.2) is 0 Å². The Morgan fingerprint density at radius 3 is 2.55 bits per heavy atom. The zero-order valence-electron chi connectivity index (χ0n) is 7.46. The Labute approximate surface area is 72.9 Å². The molecule has 0 aromatic heterocycles. The molecular formula is C9H16OS. The van der Waals surface area contributed by atoms with E-state index in [2.05, 4.69) is 20.8 Å². The highest BCUT2D eigenvalue weighted by atomic mass is 32.2. The quantitative estimate of drug-likeness (QED) is 0.636. The molecule has 0 bridgehead atoms. The first-order valence-electron chi connectivity index (χ1n) is 4.33. The van der Waals surface area contributed by atoms with E-state index < -0.39 is 0 Å². The number of ketones is 1. The second kappa shape index (κ2) is 3.61. The summed E-state index contributed by atoms with van der Waals surface area (Å²) in [5.41, 5.74) is 0. The normalized spacial score (nSPS) is 31.8. The number of thioether (sulfide) groups is 1. The number of carbonyl (C=O) groups excluding carboxylic acids is 1. The summed E-state index contributed by atoms with van der Waals surface area (Å²) in [5, 5.41) is 0.898. The summed E-state index contributed by atoms with van der Waals surface area (Å²) in [6.07, 6.45) is 1.81. The molecule has 0 spiro atoms. The third-order valence-electron chi connectivity index (χ3n) is 2.21. The van der Waals surface area contributed by atoms with E-state index in [4.69, 9.17) is 0 Å². The molecule has 1 saturated heterocycles. The number of rotatable bonds is 2. The number of Topliss-reactive ketones (excluding diaryl/α,β-unsaturated/α-hetero) is 1. The third-order valence-corrected chi connectivity index (χ3v) is 4.20. The van der Waals surface area contributed by atoms with Crippen molar-refractivity contribution in [3.63, 3.8) is 0 Å². The van der Waals surface area contributed by atoms with E-state index in [1.54, 1.807) is 0 Å². The van der Waals surface area contributed by atoms with Crippen molar-refractivity contribution >= 4 is 17.5 Å². The van der Waals surface area contributed by atoms with Crippen LogP contribution >= 0.6 is 11.8 Å². The van der Waals surface area contributed by atoms with Gasteiger partial charge in [-0.2, -0.15) is 0 Å². The van der Waals surface area contributed by atoms with E-state index in [9.17, 15) is 4.79 Å². The van der Waals surface area contributed by atoms with Gasteiger partial charge >= 0.3 is 0 Å². The molecule has 0 N–H and O–H groups in total. The molecule has 0 aromatic rings. The van der Waals surface area contributed by atoms with E-state index in [1.165, 1.54) is 0 Å². The molecule has 64 valence electrons. The first kappa shape index (κ1) is 9.11. The van der Waals surface area contributed by atoms with Gasteiger partial charge in [-0.05, 0) is 12.3 Å². The topological polar surface area (TPSA) is 17.1 Å². The van der Waals surface area contributed by atoms with Gasteiger partial charge < -0.3 is 0 Å². The highest BCUT2D eigenvalue weighted by Crippen LogP contribution is 2.36. The fourth-order valence-corrected chi connectivity index (χ4v) is 2.82. The van der Waals surface area contributed by atoms with Gasteiger partial charge in [-0.1, -0.05) is 20.8 Å². The molecule has 0 aromatic carbocycles. The molecule has 0 aliphatic carbocycles. The van der Waals surface area contributed by atoms with Crippen LogP contribution in [-0.2, 0) is 4.79 Å². The molecule has 1 aliphatic heterocycles. The molecule has 2 atom stereocenters. The SMILES string of the molecule is CCC1SC(C(C)C)CC1=O. The summed E-state index contributed by atoms with van der Waals surface area (Å²) in [7, 11) is 0. The first-order valence-corrected chi connectivity index (χ1v) is 5.27. The average Bonchev–Trinajstić information content (AvgIpc) is 2.31. The maximum atomic E-state index is 11.3. The van der Waals surface area contributed by atoms with Crippen molar-refractivity contribution in [3.8, 4) is 0 Å². The summed E-state index contributed by atoms with van der Waals surface area (Å²) in [5.74, 6) is 1.12. The lowest BCUT2D eigenvalue weighted by Crippen LogP contribution is -2.08. The Kier molecular flexibility index (Phi) is 2.99. The summed E-state index contributed by atoms with van der Waals surface area (Å²) in [6.45, 7) is 6.49. The number of carbonyl (C=O) groups is 1. The summed E-state index contributed by atoms with van der Waals surface area (Å²) < 4.78 is 0. The minimum Gasteiger partial charge on any atom is -0.298 e. The van der Waals surface area contributed by atoms with Crippen LogP contribution in [0.4, 0.5) is 0 Å². The lowest BCUT2D eigenvalue weighted by molar-refractivity contribution is -0.118. The van der Waals surface area contributed by atoms with Crippen LogP contribution in [0.25, 0.3) is 0 Å². The van der Waals surface area contributed by atoms with Crippen molar-refractivity contribution < 1.29 is 4.79 Å². The van der Waals surface area contributed by atoms with Crippen LogP contribution in [0.3, 0.4) is 0 Å². The standard InChI is InChI=1S/C9H16OS/c1-4-8-7(10)5-9(11-8)6(2)3/h6,8-9H,4-5H2,1-3H3. The zero-order chi connectivity index (χ0) is 8.43. The van der Waals surface area contributed by atoms with Gasteiger partial charge in [-0.25, -0.2) is 0 Å². The average molecular weight is 172 g/mol. The molecule has 0 amide bonds. The molecule has 2 unspecified atom stereocenters. The molecule has 11 heavy (non-hydrogen) atoms. The predicted molar refractivity (Wildman–Crippen MR) is 49.9 cm³/mol. The van der Waals surface area contributed by atoms with Crippen molar-refractivity contribution in [2.75, 3.05) is 0 Å². The van der Waals surface area contributed by atoms with Gasteiger partial charge in [0, 0.05) is 11.7 Å². The number of hydrogen-bond acceptors (Lipinski definition) is 2. The van der Waals surface area contributed by atoms with Crippen molar-refractivity contribution in [3.05, 3.63) is 0 Å². The van der Waals surface area contributed by atoms with Gasteiger partial charge in [0.25, 0.3) is 0 Å². The fourth-order valence-electron chi connectivity index (χ4n) is 1.38. The monoisotopic (exact) mass is 172 g/mol. The van der Waals surface area contributed by atoms with Crippen LogP contribution in [-0.4, -0.2) is 16.3 Å². The van der Waals surface area contributed by atoms with Crippen molar-refractivity contribution in [2.24, 2.45) is 5.92 Å². The van der Waals surface area contributed by atoms with Gasteiger partial charge in [0.2, 0.25) is 0 Å². The van der Waals surface area contributed by atoms with Gasteiger partial charge in [-0.3, -0.25) is 4.79 Å². The lowest BCUT2D eigenvalue weighted by atomic mass is 10.0. The molecule has 0 radical (unpaired) electrons. The molecule has 1 fully saturated rings. The maximum Gasteiger partial charge on any atom is 0.146 e. The lowest BCUT2D eigenvalue weighted by Gasteiger charge is -2.11. The summed E-state index contributed by atoms with van der Waals surface area (Å²) in [6, 6.07) is 0. The van der Waals surface area contributed by atoms with Crippen molar-refractivity contribution in [2.45, 2.75) is 44.1 Å². The number of hydrogen-bond donors (Lipinski definition) is 0. The molecule has 0 saturated carbocycles. The van der Waals surface area contributed by atoms with Crippen LogP contribution < -0.4 is 0 Å². The van der Waals surface area contributed by atoms with E-state index in [1.807, 2.05) is 11.8 Å². The zero-order valence-corrected chi connectivity index (χ0v) is 8.28. The molecule has 1 aliphatic rings. The Bertz CT molecular complexity index is 154. The second-order valence-corrected chi connectivity index (χ2v) is 4.93. The highest BCUT2D eigenvalue weighted by molar-refractivity contribution is 8.01. The van der Waals surface area contributed by atoms with E-state index >= 15 is 0 Å². The van der Waals surface area contributed by atoms with Crippen LogP contribution in [0.1, 0.15) is 33.6 Å². The largest absolute Gasteiger partial charge is 0.298 e. The van der Waals surface area contributed by atoms with Crippen molar-refractivity contribution in [1.29, 1.82) is 0 Å². The molecule has 1 rings (SSSR count). The second-order valence-electron chi connectivity index (χ2n) is 3.49. The smallest absolute Gasteiger partial charge is 0.146 e. The highest BCUT2D eigenvalue weighted by Gasteiger charge is 2.33. The summed E-state index contributed by atoms with van der Waals surface area (Å²) >= 11 is 1.88. The summed E-state index contributed by atoms with van der Waals surface area (Å²) in [4.78, 5) is 11.3. The van der Waals surface area contributed by atoms with E-state index in [-0.39, 0.29) is 0 Å². The van der Waals surface area contributed by atoms with Crippen molar-refractivity contribution in [1.82, 2.24) is 0 Å². The minimum atomic E-state index is 0.308. The molecular weight excluding hydrogens is 156 g/mol. The van der Waals surface area contributed by atoms with Gasteiger partial charge in [-0.15, -0.1) is 11.8 Å². The van der Waals surface area contributed by atoms with E-state index in [0.29, 0.717) is 22.2 Å². The minimum absolute atomic E-state index is 0.308. The van der Waals surface area contributed by atoms with Gasteiger partial charge in [0.15, 0.2) is 0 Å². The van der Waals surface area contributed by atoms with Gasteiger partial charge in [0.1, 0.15) is 5.78 Å². The Morgan fingerprint density at radius 1 is 1.64 bits per heavy atom. The van der Waals surface area contributed by atoms with E-state index in [0.717, 1.165) is 12.8 Å². The van der Waals surface area contributed by atoms with Gasteiger partial charge in [0.05, 0.1) is 5.25 Å². The van der Waals surface area contributed by atoms with Crippen LogP contribution in [0.2, 0.25) is 0 Å². The third kappa shape index (κ3) is 1.98. The molecule has 2 heteroatoms. The Balaban J connectivity index is 2.49. The molecule has 1 nitrogen and oxygen atoms in total. The molecule has 1 heterocycles. The maximum absolute atomic E-state index is 11.3. The first-order chi connectivity index (χ1) is 5.15. The van der Waals surface area contributed by atoms with Crippen LogP contribution in [0.5, 0.6) is 0 Å². The van der Waals surface area contributed by atoms with Crippen LogP contribution in [0, 0.1) is 5.92 Å². The Morgan fingerprint density at radius 2 is 2.27 bits per heavy atom. The predicted octanol–water partition coefficient (Wildman–Crippen LogP) is 2.50. The fraction of sp³-hybridized carbons (Fsp3) is 0.889. The Hall–Kier alpha value is 0.0200.